The van der Waals surface area contributed by atoms with Crippen molar-refractivity contribution in [2.24, 2.45) is 5.92 Å². The molecule has 0 atom stereocenters. The Kier molecular flexibility index (Phi) is 4.96. The first kappa shape index (κ1) is 17.0. The third kappa shape index (κ3) is 3.99. The van der Waals surface area contributed by atoms with Crippen LogP contribution in [0.5, 0.6) is 0 Å². The van der Waals surface area contributed by atoms with E-state index in [1.165, 1.54) is 12.1 Å². The molecule has 2 fully saturated rings. The minimum atomic E-state index is -4.38. The van der Waals surface area contributed by atoms with Gasteiger partial charge in [0.2, 0.25) is 0 Å². The molecular weight excluding hydrogens is 325 g/mol. The van der Waals surface area contributed by atoms with E-state index in [4.69, 9.17) is 9.47 Å². The molecular formula is C16H19F3N2O3. The minimum Gasteiger partial charge on any atom is -0.350 e. The number of rotatable bonds is 2. The predicted octanol–water partition coefficient (Wildman–Crippen LogP) is 3.32. The quantitative estimate of drug-likeness (QED) is 0.895. The van der Waals surface area contributed by atoms with Crippen LogP contribution in [-0.2, 0) is 15.7 Å². The van der Waals surface area contributed by atoms with Gasteiger partial charge in [0.15, 0.2) is 6.29 Å². The zero-order chi connectivity index (χ0) is 17.2. The molecule has 0 aliphatic carbocycles. The fourth-order valence-electron chi connectivity index (χ4n) is 2.97. The molecule has 5 nitrogen and oxygen atoms in total. The Bertz CT molecular complexity index is 563. The van der Waals surface area contributed by atoms with E-state index in [0.717, 1.165) is 25.0 Å². The van der Waals surface area contributed by atoms with Crippen molar-refractivity contribution in [2.75, 3.05) is 31.6 Å². The molecule has 0 spiro atoms. The van der Waals surface area contributed by atoms with E-state index in [1.807, 2.05) is 0 Å². The summed E-state index contributed by atoms with van der Waals surface area (Å²) >= 11 is 0. The summed E-state index contributed by atoms with van der Waals surface area (Å²) in [6.07, 6.45) is -2.99. The fraction of sp³-hybridized carbons (Fsp3) is 0.562. The van der Waals surface area contributed by atoms with Crippen LogP contribution in [0.2, 0.25) is 0 Å². The SMILES string of the molecule is O=C(Nc1ccc(C(F)(F)F)cc1)N1CCC(C2OCCO2)CC1. The van der Waals surface area contributed by atoms with Gasteiger partial charge in [-0.2, -0.15) is 13.2 Å². The Morgan fingerprint density at radius 1 is 1.08 bits per heavy atom. The smallest absolute Gasteiger partial charge is 0.350 e. The van der Waals surface area contributed by atoms with Crippen molar-refractivity contribution in [3.8, 4) is 0 Å². The number of halogens is 3. The Labute approximate surface area is 137 Å². The van der Waals surface area contributed by atoms with Crippen molar-refractivity contribution in [3.63, 3.8) is 0 Å². The van der Waals surface area contributed by atoms with Crippen LogP contribution in [0.25, 0.3) is 0 Å². The van der Waals surface area contributed by atoms with Gasteiger partial charge in [-0.25, -0.2) is 4.79 Å². The number of carbonyl (C=O) groups is 1. The van der Waals surface area contributed by atoms with Gasteiger partial charge in [0.05, 0.1) is 18.8 Å². The van der Waals surface area contributed by atoms with Gasteiger partial charge in [-0.3, -0.25) is 0 Å². The molecule has 1 aromatic rings. The lowest BCUT2D eigenvalue weighted by Gasteiger charge is -2.33. The minimum absolute atomic E-state index is 0.176. The number of ether oxygens (including phenoxy) is 2. The number of carbonyl (C=O) groups excluding carboxylic acids is 1. The van der Waals surface area contributed by atoms with Crippen molar-refractivity contribution in [1.82, 2.24) is 4.90 Å². The van der Waals surface area contributed by atoms with E-state index in [1.54, 1.807) is 4.90 Å². The summed E-state index contributed by atoms with van der Waals surface area (Å²) in [6.45, 7) is 2.36. The molecule has 2 saturated heterocycles. The standard InChI is InChI=1S/C16H19F3N2O3/c17-16(18,19)12-1-3-13(4-2-12)20-15(22)21-7-5-11(6-8-21)14-23-9-10-24-14/h1-4,11,14H,5-10H2,(H,20,22). The summed E-state index contributed by atoms with van der Waals surface area (Å²) in [7, 11) is 0. The van der Waals surface area contributed by atoms with Crippen LogP contribution in [0.4, 0.5) is 23.7 Å². The average Bonchev–Trinajstić information content (AvgIpc) is 3.09. The monoisotopic (exact) mass is 344 g/mol. The number of anilines is 1. The van der Waals surface area contributed by atoms with Crippen molar-refractivity contribution in [3.05, 3.63) is 29.8 Å². The van der Waals surface area contributed by atoms with E-state index in [-0.39, 0.29) is 18.2 Å². The van der Waals surface area contributed by atoms with Gasteiger partial charge in [0.25, 0.3) is 0 Å². The van der Waals surface area contributed by atoms with E-state index < -0.39 is 11.7 Å². The number of nitrogens with zero attached hydrogens (tertiary/aromatic N) is 1. The number of piperidine rings is 1. The van der Waals surface area contributed by atoms with Crippen molar-refractivity contribution >= 4 is 11.7 Å². The van der Waals surface area contributed by atoms with Gasteiger partial charge in [0.1, 0.15) is 0 Å². The molecule has 0 unspecified atom stereocenters. The number of hydrogen-bond donors (Lipinski definition) is 1. The maximum absolute atomic E-state index is 12.5. The zero-order valence-electron chi connectivity index (χ0n) is 13.0. The van der Waals surface area contributed by atoms with Crippen LogP contribution in [0, 0.1) is 5.92 Å². The molecule has 2 amide bonds. The van der Waals surface area contributed by atoms with Crippen LogP contribution < -0.4 is 5.32 Å². The van der Waals surface area contributed by atoms with Crippen molar-refractivity contribution < 1.29 is 27.4 Å². The first-order chi connectivity index (χ1) is 11.4. The van der Waals surface area contributed by atoms with Crippen molar-refractivity contribution in [1.29, 1.82) is 0 Å². The van der Waals surface area contributed by atoms with Gasteiger partial charge in [-0.1, -0.05) is 0 Å². The number of amides is 2. The number of nitrogens with one attached hydrogen (secondary N) is 1. The summed E-state index contributed by atoms with van der Waals surface area (Å²) in [4.78, 5) is 13.9. The topological polar surface area (TPSA) is 50.8 Å². The van der Waals surface area contributed by atoms with E-state index >= 15 is 0 Å². The molecule has 8 heteroatoms. The maximum Gasteiger partial charge on any atom is 0.416 e. The second-order valence-electron chi connectivity index (χ2n) is 5.94. The van der Waals surface area contributed by atoms with Crippen molar-refractivity contribution in [2.45, 2.75) is 25.3 Å². The molecule has 2 aliphatic rings. The molecule has 3 rings (SSSR count). The second-order valence-corrected chi connectivity index (χ2v) is 5.94. The number of alkyl halides is 3. The molecule has 0 aromatic heterocycles. The van der Waals surface area contributed by atoms with Gasteiger partial charge in [-0.05, 0) is 37.1 Å². The highest BCUT2D eigenvalue weighted by atomic mass is 19.4. The zero-order valence-corrected chi connectivity index (χ0v) is 13.0. The lowest BCUT2D eigenvalue weighted by atomic mass is 9.96. The van der Waals surface area contributed by atoms with Gasteiger partial charge in [0, 0.05) is 24.7 Å². The highest BCUT2D eigenvalue weighted by Gasteiger charge is 2.32. The molecule has 0 saturated carbocycles. The van der Waals surface area contributed by atoms with Crippen LogP contribution in [0.3, 0.4) is 0 Å². The number of benzene rings is 1. The number of urea groups is 1. The van der Waals surface area contributed by atoms with Gasteiger partial charge < -0.3 is 19.7 Å². The van der Waals surface area contributed by atoms with Crippen LogP contribution in [0.15, 0.2) is 24.3 Å². The van der Waals surface area contributed by atoms with E-state index in [9.17, 15) is 18.0 Å². The Morgan fingerprint density at radius 2 is 1.67 bits per heavy atom. The Balaban J connectivity index is 1.50. The third-order valence-electron chi connectivity index (χ3n) is 4.32. The van der Waals surface area contributed by atoms with E-state index in [2.05, 4.69) is 5.32 Å². The highest BCUT2D eigenvalue weighted by Crippen LogP contribution is 2.30. The normalized spacial score (nSPS) is 20.4. The Morgan fingerprint density at radius 3 is 2.21 bits per heavy atom. The summed E-state index contributed by atoms with van der Waals surface area (Å²) in [5, 5.41) is 2.63. The Hall–Kier alpha value is -1.80. The number of likely N-dealkylation sites (tertiary alicyclic amines) is 1. The summed E-state index contributed by atoms with van der Waals surface area (Å²) in [5.41, 5.74) is -0.393. The molecule has 0 bridgehead atoms. The first-order valence-corrected chi connectivity index (χ1v) is 7.90. The summed E-state index contributed by atoms with van der Waals surface area (Å²) in [6, 6.07) is 4.12. The second kappa shape index (κ2) is 6.98. The number of hydrogen-bond acceptors (Lipinski definition) is 3. The molecule has 1 N–H and O–H groups in total. The van der Waals surface area contributed by atoms with E-state index in [0.29, 0.717) is 32.0 Å². The molecule has 24 heavy (non-hydrogen) atoms. The summed E-state index contributed by atoms with van der Waals surface area (Å²) < 4.78 is 48.5. The molecule has 132 valence electrons. The first-order valence-electron chi connectivity index (χ1n) is 7.90. The van der Waals surface area contributed by atoms with Gasteiger partial charge in [-0.15, -0.1) is 0 Å². The highest BCUT2D eigenvalue weighted by molar-refractivity contribution is 5.89. The molecule has 1 aromatic carbocycles. The average molecular weight is 344 g/mol. The van der Waals surface area contributed by atoms with Crippen LogP contribution in [-0.4, -0.2) is 43.5 Å². The molecule has 2 aliphatic heterocycles. The largest absolute Gasteiger partial charge is 0.416 e. The van der Waals surface area contributed by atoms with Crippen LogP contribution in [0.1, 0.15) is 18.4 Å². The van der Waals surface area contributed by atoms with Crippen LogP contribution >= 0.6 is 0 Å². The lowest BCUT2D eigenvalue weighted by Crippen LogP contribution is -2.43. The molecule has 0 radical (unpaired) electrons. The maximum atomic E-state index is 12.5. The van der Waals surface area contributed by atoms with Gasteiger partial charge >= 0.3 is 12.2 Å². The fourth-order valence-corrected chi connectivity index (χ4v) is 2.97. The molecule has 2 heterocycles. The predicted molar refractivity (Wildman–Crippen MR) is 80.5 cm³/mol. The third-order valence-corrected chi connectivity index (χ3v) is 4.32. The lowest BCUT2D eigenvalue weighted by molar-refractivity contribution is -0.137. The summed E-state index contributed by atoms with van der Waals surface area (Å²) in [5.74, 6) is 0.280.